The van der Waals surface area contributed by atoms with Crippen molar-refractivity contribution >= 4 is 56.2 Å². The van der Waals surface area contributed by atoms with Crippen LogP contribution in [-0.2, 0) is 19.6 Å². The lowest BCUT2D eigenvalue weighted by Crippen LogP contribution is -2.38. The zero-order valence-corrected chi connectivity index (χ0v) is 20.0. The highest BCUT2D eigenvalue weighted by Gasteiger charge is 2.32. The Hall–Kier alpha value is -2.88. The summed E-state index contributed by atoms with van der Waals surface area (Å²) in [6, 6.07) is 13.0. The molecule has 0 unspecified atom stereocenters. The summed E-state index contributed by atoms with van der Waals surface area (Å²) in [5.41, 5.74) is 2.48. The van der Waals surface area contributed by atoms with Gasteiger partial charge in [0.25, 0.3) is 10.0 Å². The summed E-state index contributed by atoms with van der Waals surface area (Å²) < 4.78 is 32.9. The molecule has 0 bridgehead atoms. The number of nitrogens with one attached hydrogen (secondary N) is 1. The first-order valence-electron chi connectivity index (χ1n) is 9.45. The van der Waals surface area contributed by atoms with Gasteiger partial charge in [-0.3, -0.25) is 9.10 Å². The van der Waals surface area contributed by atoms with Crippen LogP contribution < -0.4 is 9.62 Å². The number of aryl methyl sites for hydroxylation is 2. The number of para-hydroxylation sites is 1. The third-order valence-electron chi connectivity index (χ3n) is 4.78. The van der Waals surface area contributed by atoms with E-state index in [1.165, 1.54) is 18.6 Å². The van der Waals surface area contributed by atoms with Gasteiger partial charge in [-0.15, -0.1) is 11.3 Å². The summed E-state index contributed by atoms with van der Waals surface area (Å²) in [5, 5.41) is 4.45. The molecule has 0 fully saturated rings. The van der Waals surface area contributed by atoms with Crippen molar-refractivity contribution in [3.63, 3.8) is 0 Å². The Labute approximate surface area is 195 Å². The molecule has 1 amide bonds. The summed E-state index contributed by atoms with van der Waals surface area (Å²) in [7, 11) is -3.10. The third-order valence-corrected chi connectivity index (χ3v) is 7.95. The molecule has 0 aliphatic carbocycles. The van der Waals surface area contributed by atoms with E-state index in [1.54, 1.807) is 42.5 Å². The highest BCUT2D eigenvalue weighted by atomic mass is 35.5. The largest absolute Gasteiger partial charge is 0.465 e. The number of rotatable bonds is 7. The van der Waals surface area contributed by atoms with Gasteiger partial charge in [-0.25, -0.2) is 13.2 Å². The number of nitrogens with zero attached hydrogens (tertiary/aromatic N) is 1. The summed E-state index contributed by atoms with van der Waals surface area (Å²) in [6.07, 6.45) is 0. The van der Waals surface area contributed by atoms with Crippen LogP contribution in [0.2, 0.25) is 5.02 Å². The van der Waals surface area contributed by atoms with Crippen molar-refractivity contribution in [2.24, 2.45) is 0 Å². The van der Waals surface area contributed by atoms with Crippen LogP contribution in [0, 0.1) is 13.8 Å². The maximum absolute atomic E-state index is 13.6. The SMILES string of the molecule is COC(=O)c1sccc1S(=O)(=O)N(CC(=O)Nc1ccccc1Cl)c1ccc(C)c(C)c1. The van der Waals surface area contributed by atoms with Gasteiger partial charge in [0.05, 0.1) is 23.5 Å². The van der Waals surface area contributed by atoms with Crippen molar-refractivity contribution in [1.29, 1.82) is 0 Å². The summed E-state index contributed by atoms with van der Waals surface area (Å²) in [4.78, 5) is 24.7. The maximum atomic E-state index is 13.6. The van der Waals surface area contributed by atoms with E-state index in [-0.39, 0.29) is 9.77 Å². The fourth-order valence-electron chi connectivity index (χ4n) is 2.94. The molecule has 0 atom stereocenters. The fourth-order valence-corrected chi connectivity index (χ4v) is 5.85. The van der Waals surface area contributed by atoms with Crippen LogP contribution in [-0.4, -0.2) is 33.9 Å². The van der Waals surface area contributed by atoms with Crippen LogP contribution in [0.25, 0.3) is 0 Å². The number of carbonyl (C=O) groups excluding carboxylic acids is 2. The molecule has 32 heavy (non-hydrogen) atoms. The van der Waals surface area contributed by atoms with Crippen LogP contribution >= 0.6 is 22.9 Å². The van der Waals surface area contributed by atoms with Crippen molar-refractivity contribution in [1.82, 2.24) is 0 Å². The van der Waals surface area contributed by atoms with Gasteiger partial charge in [0.15, 0.2) is 0 Å². The van der Waals surface area contributed by atoms with E-state index < -0.39 is 28.4 Å². The molecule has 3 aromatic rings. The number of methoxy groups -OCH3 is 1. The topological polar surface area (TPSA) is 92.8 Å². The average molecular weight is 493 g/mol. The Kier molecular flexibility index (Phi) is 7.22. The second-order valence-corrected chi connectivity index (χ2v) is 10.1. The Morgan fingerprint density at radius 2 is 1.81 bits per heavy atom. The van der Waals surface area contributed by atoms with Gasteiger partial charge in [-0.05, 0) is 60.7 Å². The van der Waals surface area contributed by atoms with Crippen molar-refractivity contribution in [2.45, 2.75) is 18.7 Å². The first kappa shape index (κ1) is 23.8. The predicted molar refractivity (Wildman–Crippen MR) is 126 cm³/mol. The molecule has 0 aliphatic rings. The lowest BCUT2D eigenvalue weighted by Gasteiger charge is -2.25. The number of thiophene rings is 1. The lowest BCUT2D eigenvalue weighted by atomic mass is 10.1. The minimum absolute atomic E-state index is 0.0622. The summed E-state index contributed by atoms with van der Waals surface area (Å²) >= 11 is 7.06. The third kappa shape index (κ3) is 4.95. The summed E-state index contributed by atoms with van der Waals surface area (Å²) in [6.45, 7) is 3.22. The fraction of sp³-hybridized carbons (Fsp3) is 0.182. The van der Waals surface area contributed by atoms with Gasteiger partial charge in [0.1, 0.15) is 16.3 Å². The van der Waals surface area contributed by atoms with E-state index in [0.29, 0.717) is 16.4 Å². The molecular weight excluding hydrogens is 472 g/mol. The predicted octanol–water partition coefficient (Wildman–Crippen LogP) is 4.64. The number of carbonyl (C=O) groups is 2. The van der Waals surface area contributed by atoms with Gasteiger partial charge in [-0.1, -0.05) is 29.8 Å². The Morgan fingerprint density at radius 3 is 2.47 bits per heavy atom. The lowest BCUT2D eigenvalue weighted by molar-refractivity contribution is -0.114. The molecule has 1 aromatic heterocycles. The highest BCUT2D eigenvalue weighted by Crippen LogP contribution is 2.30. The van der Waals surface area contributed by atoms with Crippen LogP contribution in [0.3, 0.4) is 0 Å². The molecule has 168 valence electrons. The Balaban J connectivity index is 2.04. The van der Waals surface area contributed by atoms with E-state index >= 15 is 0 Å². The minimum atomic E-state index is -4.27. The first-order chi connectivity index (χ1) is 15.1. The van der Waals surface area contributed by atoms with E-state index in [0.717, 1.165) is 26.8 Å². The number of halogens is 1. The molecule has 0 spiro atoms. The van der Waals surface area contributed by atoms with Crippen molar-refractivity contribution < 1.29 is 22.7 Å². The molecule has 1 heterocycles. The molecule has 7 nitrogen and oxygen atoms in total. The summed E-state index contributed by atoms with van der Waals surface area (Å²) in [5.74, 6) is -1.35. The maximum Gasteiger partial charge on any atom is 0.349 e. The zero-order chi connectivity index (χ0) is 23.5. The van der Waals surface area contributed by atoms with E-state index in [2.05, 4.69) is 5.32 Å². The molecule has 0 saturated carbocycles. The Bertz CT molecular complexity index is 1270. The molecule has 3 rings (SSSR count). The Morgan fingerprint density at radius 1 is 1.09 bits per heavy atom. The standard InChI is InChI=1S/C22H21ClN2O5S2/c1-14-8-9-16(12-15(14)2)25(13-20(26)24-18-7-5-4-6-17(18)23)32(28,29)19-10-11-31-21(19)22(27)30-3/h4-12H,13H2,1-3H3,(H,24,26). The number of benzene rings is 2. The number of esters is 1. The van der Waals surface area contributed by atoms with Gasteiger partial charge in [-0.2, -0.15) is 0 Å². The van der Waals surface area contributed by atoms with Gasteiger partial charge >= 0.3 is 5.97 Å². The van der Waals surface area contributed by atoms with Crippen molar-refractivity contribution in [3.05, 3.63) is 74.9 Å². The van der Waals surface area contributed by atoms with E-state index in [1.807, 2.05) is 13.8 Å². The van der Waals surface area contributed by atoms with Gasteiger partial charge in [0.2, 0.25) is 5.91 Å². The minimum Gasteiger partial charge on any atom is -0.465 e. The molecule has 0 aliphatic heterocycles. The smallest absolute Gasteiger partial charge is 0.349 e. The van der Waals surface area contributed by atoms with Crippen LogP contribution in [0.15, 0.2) is 58.8 Å². The molecular formula is C22H21ClN2O5S2. The second-order valence-electron chi connectivity index (χ2n) is 6.91. The monoisotopic (exact) mass is 492 g/mol. The number of anilines is 2. The number of amides is 1. The molecule has 2 aromatic carbocycles. The normalized spacial score (nSPS) is 11.1. The number of sulfonamides is 1. The average Bonchev–Trinajstić information content (AvgIpc) is 3.26. The number of ether oxygens (including phenoxy) is 1. The zero-order valence-electron chi connectivity index (χ0n) is 17.6. The van der Waals surface area contributed by atoms with Crippen LogP contribution in [0.1, 0.15) is 20.8 Å². The first-order valence-corrected chi connectivity index (χ1v) is 12.1. The molecule has 10 heteroatoms. The number of hydrogen-bond donors (Lipinski definition) is 1. The molecule has 0 saturated heterocycles. The second kappa shape index (κ2) is 9.72. The molecule has 0 radical (unpaired) electrons. The number of hydrogen-bond acceptors (Lipinski definition) is 6. The van der Waals surface area contributed by atoms with Crippen molar-refractivity contribution in [3.8, 4) is 0 Å². The van der Waals surface area contributed by atoms with Crippen molar-refractivity contribution in [2.75, 3.05) is 23.3 Å². The van der Waals surface area contributed by atoms with Gasteiger partial charge < -0.3 is 10.1 Å². The van der Waals surface area contributed by atoms with E-state index in [9.17, 15) is 18.0 Å². The molecule has 1 N–H and O–H groups in total. The van der Waals surface area contributed by atoms with E-state index in [4.69, 9.17) is 16.3 Å². The van der Waals surface area contributed by atoms with Gasteiger partial charge in [0, 0.05) is 0 Å². The quantitative estimate of drug-likeness (QED) is 0.485. The van der Waals surface area contributed by atoms with Crippen LogP contribution in [0.5, 0.6) is 0 Å². The van der Waals surface area contributed by atoms with Crippen LogP contribution in [0.4, 0.5) is 11.4 Å². The highest BCUT2D eigenvalue weighted by molar-refractivity contribution is 7.93.